The Bertz CT molecular complexity index is 381. The lowest BCUT2D eigenvalue weighted by Crippen LogP contribution is -2.42. The molecule has 1 atom stereocenters. The zero-order valence-electron chi connectivity index (χ0n) is 10.3. The van der Waals surface area contributed by atoms with Crippen molar-refractivity contribution < 1.29 is 9.53 Å². The molecule has 3 N–H and O–H groups in total. The second-order valence-corrected chi connectivity index (χ2v) is 4.11. The zero-order valence-corrected chi connectivity index (χ0v) is 10.3. The molecule has 1 unspecified atom stereocenters. The van der Waals surface area contributed by atoms with Gasteiger partial charge in [-0.05, 0) is 5.92 Å². The van der Waals surface area contributed by atoms with Crippen molar-refractivity contribution in [3.8, 4) is 0 Å². The van der Waals surface area contributed by atoms with Gasteiger partial charge in [0.05, 0.1) is 25.0 Å². The Morgan fingerprint density at radius 2 is 2.24 bits per heavy atom. The molecule has 1 rings (SSSR count). The third-order valence-corrected chi connectivity index (χ3v) is 2.35. The first-order valence-electron chi connectivity index (χ1n) is 5.42. The number of ether oxygens (including phenoxy) is 1. The molecule has 0 bridgehead atoms. The van der Waals surface area contributed by atoms with Crippen molar-refractivity contribution in [2.75, 3.05) is 19.5 Å². The minimum atomic E-state index is -0.291. The lowest BCUT2D eigenvalue weighted by Gasteiger charge is -2.21. The third-order valence-electron chi connectivity index (χ3n) is 2.35. The van der Waals surface area contributed by atoms with Crippen molar-refractivity contribution in [1.29, 1.82) is 0 Å². The molecule has 1 amide bonds. The Morgan fingerprint density at radius 3 is 2.76 bits per heavy atom. The summed E-state index contributed by atoms with van der Waals surface area (Å²) in [7, 11) is 1.60. The van der Waals surface area contributed by atoms with E-state index in [0.717, 1.165) is 0 Å². The third kappa shape index (κ3) is 3.99. The van der Waals surface area contributed by atoms with Crippen LogP contribution in [0.25, 0.3) is 0 Å². The molecular weight excluding hydrogens is 220 g/mol. The van der Waals surface area contributed by atoms with E-state index in [9.17, 15) is 4.79 Å². The van der Waals surface area contributed by atoms with E-state index in [2.05, 4.69) is 15.3 Å². The van der Waals surface area contributed by atoms with Gasteiger partial charge in [0.25, 0.3) is 5.91 Å². The molecule has 94 valence electrons. The second kappa shape index (κ2) is 6.15. The van der Waals surface area contributed by atoms with Crippen LogP contribution in [0.3, 0.4) is 0 Å². The molecule has 0 spiro atoms. The maximum Gasteiger partial charge on any atom is 0.271 e. The van der Waals surface area contributed by atoms with Gasteiger partial charge in [0.1, 0.15) is 11.5 Å². The van der Waals surface area contributed by atoms with Gasteiger partial charge in [-0.25, -0.2) is 4.98 Å². The summed E-state index contributed by atoms with van der Waals surface area (Å²) in [5.41, 5.74) is 5.68. The predicted octanol–water partition coefficient (Wildman–Crippen LogP) is 0.460. The van der Waals surface area contributed by atoms with Gasteiger partial charge in [0, 0.05) is 7.11 Å². The Balaban J connectivity index is 2.70. The molecule has 1 aromatic heterocycles. The monoisotopic (exact) mass is 238 g/mol. The topological polar surface area (TPSA) is 90.1 Å². The number of nitrogens with zero attached hydrogens (tertiary/aromatic N) is 2. The van der Waals surface area contributed by atoms with Crippen molar-refractivity contribution in [2.45, 2.75) is 19.9 Å². The van der Waals surface area contributed by atoms with Crippen LogP contribution in [0.15, 0.2) is 12.4 Å². The average Bonchev–Trinajstić information content (AvgIpc) is 2.28. The molecule has 0 aromatic carbocycles. The molecule has 0 saturated carbocycles. The van der Waals surface area contributed by atoms with Crippen LogP contribution < -0.4 is 11.1 Å². The first-order chi connectivity index (χ1) is 8.04. The number of carbonyl (C=O) groups excluding carboxylic acids is 1. The molecule has 1 aromatic rings. The number of anilines is 1. The summed E-state index contributed by atoms with van der Waals surface area (Å²) in [6, 6.07) is -0.0595. The van der Waals surface area contributed by atoms with Gasteiger partial charge in [-0.3, -0.25) is 9.78 Å². The van der Waals surface area contributed by atoms with Crippen molar-refractivity contribution in [3.63, 3.8) is 0 Å². The maximum absolute atomic E-state index is 11.9. The minimum Gasteiger partial charge on any atom is -0.383 e. The van der Waals surface area contributed by atoms with E-state index in [1.54, 1.807) is 7.11 Å². The SMILES string of the molecule is COCC(NC(=O)c1cncc(N)n1)C(C)C. The quantitative estimate of drug-likeness (QED) is 0.777. The summed E-state index contributed by atoms with van der Waals surface area (Å²) in [5, 5.41) is 2.84. The fourth-order valence-electron chi connectivity index (χ4n) is 1.31. The van der Waals surface area contributed by atoms with Crippen molar-refractivity contribution in [1.82, 2.24) is 15.3 Å². The first kappa shape index (κ1) is 13.4. The summed E-state index contributed by atoms with van der Waals surface area (Å²) >= 11 is 0. The van der Waals surface area contributed by atoms with Crippen LogP contribution in [0.4, 0.5) is 5.82 Å². The number of nitrogens with two attached hydrogens (primary N) is 1. The van der Waals surface area contributed by atoms with Crippen molar-refractivity contribution in [3.05, 3.63) is 18.1 Å². The van der Waals surface area contributed by atoms with Crippen LogP contribution in [0.5, 0.6) is 0 Å². The van der Waals surface area contributed by atoms with E-state index < -0.39 is 0 Å². The van der Waals surface area contributed by atoms with Gasteiger partial charge >= 0.3 is 0 Å². The highest BCUT2D eigenvalue weighted by Gasteiger charge is 2.18. The largest absolute Gasteiger partial charge is 0.383 e. The van der Waals surface area contributed by atoms with Gasteiger partial charge in [-0.2, -0.15) is 0 Å². The fraction of sp³-hybridized carbons (Fsp3) is 0.545. The molecule has 0 saturated heterocycles. The molecule has 17 heavy (non-hydrogen) atoms. The number of amides is 1. The van der Waals surface area contributed by atoms with Crippen molar-refractivity contribution >= 4 is 11.7 Å². The highest BCUT2D eigenvalue weighted by atomic mass is 16.5. The maximum atomic E-state index is 11.9. The van der Waals surface area contributed by atoms with Crippen LogP contribution in [0, 0.1) is 5.92 Å². The van der Waals surface area contributed by atoms with Crippen LogP contribution >= 0.6 is 0 Å². The summed E-state index contributed by atoms with van der Waals surface area (Å²) in [5.74, 6) is 0.207. The van der Waals surface area contributed by atoms with E-state index in [4.69, 9.17) is 10.5 Å². The van der Waals surface area contributed by atoms with Gasteiger partial charge in [0.15, 0.2) is 0 Å². The number of nitrogen functional groups attached to an aromatic ring is 1. The molecule has 0 fully saturated rings. The summed E-state index contributed by atoms with van der Waals surface area (Å²) in [4.78, 5) is 19.6. The number of hydrogen-bond acceptors (Lipinski definition) is 5. The first-order valence-corrected chi connectivity index (χ1v) is 5.42. The number of nitrogens with one attached hydrogen (secondary N) is 1. The Kier molecular flexibility index (Phi) is 4.84. The van der Waals surface area contributed by atoms with Crippen LogP contribution in [0.1, 0.15) is 24.3 Å². The summed E-state index contributed by atoms with van der Waals surface area (Å²) in [6.45, 7) is 4.48. The molecule has 1 heterocycles. The normalized spacial score (nSPS) is 12.5. The lowest BCUT2D eigenvalue weighted by atomic mass is 10.1. The van der Waals surface area contributed by atoms with Crippen LogP contribution in [-0.4, -0.2) is 35.6 Å². The Morgan fingerprint density at radius 1 is 1.53 bits per heavy atom. The summed E-state index contributed by atoms with van der Waals surface area (Å²) < 4.78 is 5.05. The van der Waals surface area contributed by atoms with E-state index in [1.165, 1.54) is 12.4 Å². The fourth-order valence-corrected chi connectivity index (χ4v) is 1.31. The molecule has 0 aliphatic heterocycles. The van der Waals surface area contributed by atoms with Crippen LogP contribution in [0.2, 0.25) is 0 Å². The van der Waals surface area contributed by atoms with Gasteiger partial charge < -0.3 is 15.8 Å². The van der Waals surface area contributed by atoms with Gasteiger partial charge in [0.2, 0.25) is 0 Å². The molecular formula is C11H18N4O2. The number of rotatable bonds is 5. The molecule has 6 nitrogen and oxygen atoms in total. The average molecular weight is 238 g/mol. The number of aromatic nitrogens is 2. The molecule has 6 heteroatoms. The Hall–Kier alpha value is -1.69. The van der Waals surface area contributed by atoms with Crippen molar-refractivity contribution in [2.24, 2.45) is 5.92 Å². The van der Waals surface area contributed by atoms with E-state index >= 15 is 0 Å². The van der Waals surface area contributed by atoms with E-state index in [1.807, 2.05) is 13.8 Å². The number of methoxy groups -OCH3 is 1. The number of hydrogen-bond donors (Lipinski definition) is 2. The Labute approximate surface area is 101 Å². The smallest absolute Gasteiger partial charge is 0.271 e. The highest BCUT2D eigenvalue weighted by molar-refractivity contribution is 5.92. The lowest BCUT2D eigenvalue weighted by molar-refractivity contribution is 0.0861. The van der Waals surface area contributed by atoms with E-state index in [0.29, 0.717) is 6.61 Å². The van der Waals surface area contributed by atoms with Gasteiger partial charge in [-0.15, -0.1) is 0 Å². The molecule has 0 radical (unpaired) electrons. The minimum absolute atomic E-state index is 0.0595. The molecule has 0 aliphatic carbocycles. The van der Waals surface area contributed by atoms with Crippen LogP contribution in [-0.2, 0) is 4.74 Å². The zero-order chi connectivity index (χ0) is 12.8. The molecule has 0 aliphatic rings. The predicted molar refractivity (Wildman–Crippen MR) is 64.4 cm³/mol. The number of carbonyl (C=O) groups is 1. The highest BCUT2D eigenvalue weighted by Crippen LogP contribution is 2.04. The van der Waals surface area contributed by atoms with E-state index in [-0.39, 0.29) is 29.4 Å². The standard InChI is InChI=1S/C11H18N4O2/c1-7(2)9(6-17-3)15-11(16)8-4-13-5-10(12)14-8/h4-5,7,9H,6H2,1-3H3,(H2,12,14)(H,15,16). The van der Waals surface area contributed by atoms with Gasteiger partial charge in [-0.1, -0.05) is 13.8 Å². The second-order valence-electron chi connectivity index (χ2n) is 4.11. The summed E-state index contributed by atoms with van der Waals surface area (Å²) in [6.07, 6.45) is 2.78.